The molecule has 0 aromatic heterocycles. The predicted molar refractivity (Wildman–Crippen MR) is 51.4 cm³/mol. The third-order valence-corrected chi connectivity index (χ3v) is 3.87. The maximum absolute atomic E-state index is 9.97. The lowest BCUT2D eigenvalue weighted by atomic mass is 9.88. The van der Waals surface area contributed by atoms with Crippen LogP contribution in [0.5, 0.6) is 0 Å². The Morgan fingerprint density at radius 1 is 1.31 bits per heavy atom. The van der Waals surface area contributed by atoms with Crippen molar-refractivity contribution in [1.29, 1.82) is 0 Å². The molecule has 76 valence electrons. The van der Waals surface area contributed by atoms with E-state index in [1.165, 1.54) is 12.8 Å². The molecule has 2 rings (SSSR count). The second kappa shape index (κ2) is 2.96. The van der Waals surface area contributed by atoms with Crippen molar-refractivity contribution in [2.24, 2.45) is 17.3 Å². The average molecular weight is 184 g/mol. The van der Waals surface area contributed by atoms with E-state index in [4.69, 9.17) is 4.74 Å². The van der Waals surface area contributed by atoms with Crippen molar-refractivity contribution >= 4 is 0 Å². The van der Waals surface area contributed by atoms with Gasteiger partial charge in [0, 0.05) is 7.11 Å². The van der Waals surface area contributed by atoms with Crippen molar-refractivity contribution in [3.05, 3.63) is 0 Å². The SMILES string of the molecule is CO[C@H]1C[C@@H]2CC(C)(C)C[C@@H]2[C@@H]1O. The molecule has 2 saturated carbocycles. The molecule has 0 spiro atoms. The third kappa shape index (κ3) is 1.50. The first-order chi connectivity index (χ1) is 6.03. The maximum Gasteiger partial charge on any atom is 0.0835 e. The summed E-state index contributed by atoms with van der Waals surface area (Å²) in [6, 6.07) is 0. The Labute approximate surface area is 80.3 Å². The first-order valence-electron chi connectivity index (χ1n) is 5.24. The number of aliphatic hydroxyl groups is 1. The zero-order valence-corrected chi connectivity index (χ0v) is 8.79. The molecule has 1 N–H and O–H groups in total. The van der Waals surface area contributed by atoms with Crippen LogP contribution in [0, 0.1) is 17.3 Å². The summed E-state index contributed by atoms with van der Waals surface area (Å²) in [6.45, 7) is 4.61. The van der Waals surface area contributed by atoms with Crippen LogP contribution in [0.2, 0.25) is 0 Å². The van der Waals surface area contributed by atoms with Crippen molar-refractivity contribution < 1.29 is 9.84 Å². The molecule has 0 unspecified atom stereocenters. The molecule has 0 aromatic rings. The van der Waals surface area contributed by atoms with Crippen molar-refractivity contribution in [1.82, 2.24) is 0 Å². The minimum atomic E-state index is -0.211. The molecule has 0 radical (unpaired) electrons. The van der Waals surface area contributed by atoms with E-state index in [1.807, 2.05) is 0 Å². The van der Waals surface area contributed by atoms with Crippen LogP contribution in [0.15, 0.2) is 0 Å². The van der Waals surface area contributed by atoms with Crippen LogP contribution in [0.25, 0.3) is 0 Å². The summed E-state index contributed by atoms with van der Waals surface area (Å²) >= 11 is 0. The second-order valence-electron chi connectivity index (χ2n) is 5.50. The van der Waals surface area contributed by atoms with Gasteiger partial charge in [0.05, 0.1) is 12.2 Å². The van der Waals surface area contributed by atoms with E-state index >= 15 is 0 Å². The van der Waals surface area contributed by atoms with Crippen LogP contribution >= 0.6 is 0 Å². The van der Waals surface area contributed by atoms with Gasteiger partial charge in [-0.1, -0.05) is 13.8 Å². The fourth-order valence-corrected chi connectivity index (χ4v) is 3.36. The first-order valence-corrected chi connectivity index (χ1v) is 5.24. The van der Waals surface area contributed by atoms with Gasteiger partial charge in [-0.05, 0) is 36.5 Å². The Balaban J connectivity index is 2.07. The van der Waals surface area contributed by atoms with Gasteiger partial charge in [0.2, 0.25) is 0 Å². The van der Waals surface area contributed by atoms with E-state index in [-0.39, 0.29) is 12.2 Å². The van der Waals surface area contributed by atoms with Gasteiger partial charge in [0.15, 0.2) is 0 Å². The number of aliphatic hydroxyl groups excluding tert-OH is 1. The minimum Gasteiger partial charge on any atom is -0.390 e. The maximum atomic E-state index is 9.97. The molecule has 13 heavy (non-hydrogen) atoms. The van der Waals surface area contributed by atoms with Gasteiger partial charge in [0.25, 0.3) is 0 Å². The van der Waals surface area contributed by atoms with Gasteiger partial charge < -0.3 is 9.84 Å². The summed E-state index contributed by atoms with van der Waals surface area (Å²) in [5.74, 6) is 1.20. The molecule has 2 aliphatic carbocycles. The summed E-state index contributed by atoms with van der Waals surface area (Å²) in [7, 11) is 1.71. The van der Waals surface area contributed by atoms with Gasteiger partial charge in [-0.3, -0.25) is 0 Å². The zero-order chi connectivity index (χ0) is 9.64. The molecule has 0 heterocycles. The van der Waals surface area contributed by atoms with Gasteiger partial charge in [-0.2, -0.15) is 0 Å². The number of methoxy groups -OCH3 is 1. The Kier molecular flexibility index (Phi) is 2.16. The highest BCUT2D eigenvalue weighted by Gasteiger charge is 2.50. The zero-order valence-electron chi connectivity index (χ0n) is 8.79. The fourth-order valence-electron chi connectivity index (χ4n) is 3.36. The lowest BCUT2D eigenvalue weighted by molar-refractivity contribution is -0.0123. The highest BCUT2D eigenvalue weighted by molar-refractivity contribution is 5.00. The first kappa shape index (κ1) is 9.47. The molecule has 0 saturated heterocycles. The van der Waals surface area contributed by atoms with Crippen molar-refractivity contribution in [2.45, 2.75) is 45.3 Å². The molecule has 2 nitrogen and oxygen atoms in total. The molecule has 2 fully saturated rings. The molecule has 0 bridgehead atoms. The Bertz CT molecular complexity index is 200. The lowest BCUT2D eigenvalue weighted by Gasteiger charge is -2.22. The van der Waals surface area contributed by atoms with Crippen LogP contribution in [-0.2, 0) is 4.74 Å². The van der Waals surface area contributed by atoms with Crippen LogP contribution < -0.4 is 0 Å². The molecule has 0 aromatic carbocycles. The summed E-state index contributed by atoms with van der Waals surface area (Å²) < 4.78 is 5.28. The summed E-state index contributed by atoms with van der Waals surface area (Å²) in [6.07, 6.45) is 3.38. The quantitative estimate of drug-likeness (QED) is 0.673. The molecule has 2 aliphatic rings. The normalized spacial score (nSPS) is 48.0. The topological polar surface area (TPSA) is 29.5 Å². The van der Waals surface area contributed by atoms with E-state index in [9.17, 15) is 5.11 Å². The standard InChI is InChI=1S/C11H20O2/c1-11(2)5-7-4-9(13-3)10(12)8(7)6-11/h7-10,12H,4-6H2,1-3H3/t7-,8+,9+,10+/m1/s1. The van der Waals surface area contributed by atoms with Gasteiger partial charge in [-0.15, -0.1) is 0 Å². The van der Waals surface area contributed by atoms with Gasteiger partial charge in [0.1, 0.15) is 0 Å². The van der Waals surface area contributed by atoms with Crippen LogP contribution in [-0.4, -0.2) is 24.4 Å². The number of ether oxygens (including phenoxy) is 1. The number of hydrogen-bond donors (Lipinski definition) is 1. The van der Waals surface area contributed by atoms with Crippen LogP contribution in [0.4, 0.5) is 0 Å². The fraction of sp³-hybridized carbons (Fsp3) is 1.00. The summed E-state index contributed by atoms with van der Waals surface area (Å²) in [4.78, 5) is 0. The van der Waals surface area contributed by atoms with Crippen LogP contribution in [0.3, 0.4) is 0 Å². The molecule has 0 amide bonds. The highest BCUT2D eigenvalue weighted by Crippen LogP contribution is 2.53. The molecular formula is C11H20O2. The highest BCUT2D eigenvalue weighted by atomic mass is 16.5. The van der Waals surface area contributed by atoms with Crippen molar-refractivity contribution in [3.63, 3.8) is 0 Å². The number of hydrogen-bond acceptors (Lipinski definition) is 2. The molecule has 0 aliphatic heterocycles. The van der Waals surface area contributed by atoms with Gasteiger partial charge in [-0.25, -0.2) is 0 Å². The Hall–Kier alpha value is -0.0800. The lowest BCUT2D eigenvalue weighted by Crippen LogP contribution is -2.27. The van der Waals surface area contributed by atoms with Crippen molar-refractivity contribution in [3.8, 4) is 0 Å². The second-order valence-corrected chi connectivity index (χ2v) is 5.50. The third-order valence-electron chi connectivity index (χ3n) is 3.87. The number of rotatable bonds is 1. The van der Waals surface area contributed by atoms with E-state index in [0.29, 0.717) is 17.3 Å². The smallest absolute Gasteiger partial charge is 0.0835 e. The van der Waals surface area contributed by atoms with E-state index < -0.39 is 0 Å². The van der Waals surface area contributed by atoms with Crippen LogP contribution in [0.1, 0.15) is 33.1 Å². The largest absolute Gasteiger partial charge is 0.390 e. The average Bonchev–Trinajstić information content (AvgIpc) is 2.47. The molecule has 2 heteroatoms. The van der Waals surface area contributed by atoms with Crippen molar-refractivity contribution in [2.75, 3.05) is 7.11 Å². The Morgan fingerprint density at radius 2 is 2.00 bits per heavy atom. The Morgan fingerprint density at radius 3 is 2.54 bits per heavy atom. The van der Waals surface area contributed by atoms with E-state index in [0.717, 1.165) is 6.42 Å². The molecular weight excluding hydrogens is 164 g/mol. The predicted octanol–water partition coefficient (Wildman–Crippen LogP) is 1.82. The minimum absolute atomic E-state index is 0.103. The van der Waals surface area contributed by atoms with Gasteiger partial charge >= 0.3 is 0 Å². The summed E-state index contributed by atoms with van der Waals surface area (Å²) in [5.41, 5.74) is 0.440. The monoisotopic (exact) mass is 184 g/mol. The van der Waals surface area contributed by atoms with E-state index in [1.54, 1.807) is 7.11 Å². The molecule has 4 atom stereocenters. The van der Waals surface area contributed by atoms with E-state index in [2.05, 4.69) is 13.8 Å². The summed E-state index contributed by atoms with van der Waals surface area (Å²) in [5, 5.41) is 9.97. The number of fused-ring (bicyclic) bond motifs is 1.